The average Bonchev–Trinajstić information content (AvgIpc) is 2.78. The second kappa shape index (κ2) is 5.34. The molecule has 1 aliphatic rings. The van der Waals surface area contributed by atoms with E-state index in [-0.39, 0.29) is 11.7 Å². The molecule has 5 nitrogen and oxygen atoms in total. The Morgan fingerprint density at radius 2 is 2.39 bits per heavy atom. The van der Waals surface area contributed by atoms with Gasteiger partial charge in [-0.25, -0.2) is 0 Å². The first-order valence-electron chi connectivity index (χ1n) is 5.68. The molecule has 1 unspecified atom stereocenters. The van der Waals surface area contributed by atoms with Crippen molar-refractivity contribution < 1.29 is 4.92 Å². The molecule has 1 aliphatic heterocycles. The van der Waals surface area contributed by atoms with Crippen molar-refractivity contribution >= 4 is 17.3 Å². The van der Waals surface area contributed by atoms with Crippen molar-refractivity contribution in [1.82, 2.24) is 4.90 Å². The van der Waals surface area contributed by atoms with Crippen LogP contribution >= 0.6 is 11.6 Å². The summed E-state index contributed by atoms with van der Waals surface area (Å²) < 4.78 is 0. The fraction of sp³-hybridized carbons (Fsp3) is 0.417. The molecule has 1 saturated heterocycles. The number of halogens is 1. The summed E-state index contributed by atoms with van der Waals surface area (Å²) in [6.45, 7) is 1.23. The quantitative estimate of drug-likeness (QED) is 0.622. The predicted molar refractivity (Wildman–Crippen MR) is 67.2 cm³/mol. The number of likely N-dealkylation sites (tertiary alicyclic amines) is 1. The highest BCUT2D eigenvalue weighted by Crippen LogP contribution is 2.27. The van der Waals surface area contributed by atoms with Crippen molar-refractivity contribution in [2.75, 3.05) is 6.54 Å². The third-order valence-corrected chi connectivity index (χ3v) is 3.37. The zero-order valence-corrected chi connectivity index (χ0v) is 10.4. The summed E-state index contributed by atoms with van der Waals surface area (Å²) in [5.74, 6) is 0. The van der Waals surface area contributed by atoms with Gasteiger partial charge in [-0.1, -0.05) is 11.6 Å². The molecule has 0 bridgehead atoms. The average molecular weight is 266 g/mol. The van der Waals surface area contributed by atoms with Crippen LogP contribution in [0.25, 0.3) is 0 Å². The molecule has 1 aromatic rings. The van der Waals surface area contributed by atoms with Gasteiger partial charge in [0.15, 0.2) is 0 Å². The number of benzene rings is 1. The van der Waals surface area contributed by atoms with Gasteiger partial charge in [-0.15, -0.1) is 0 Å². The molecule has 1 heterocycles. The number of hydrogen-bond acceptors (Lipinski definition) is 4. The summed E-state index contributed by atoms with van der Waals surface area (Å²) in [6, 6.07) is 6.74. The van der Waals surface area contributed by atoms with Crippen molar-refractivity contribution in [1.29, 1.82) is 5.26 Å². The number of hydrogen-bond donors (Lipinski definition) is 0. The topological polar surface area (TPSA) is 70.2 Å². The minimum Gasteiger partial charge on any atom is -0.283 e. The van der Waals surface area contributed by atoms with Gasteiger partial charge < -0.3 is 0 Å². The Morgan fingerprint density at radius 3 is 3.06 bits per heavy atom. The van der Waals surface area contributed by atoms with Crippen LogP contribution in [-0.4, -0.2) is 22.4 Å². The van der Waals surface area contributed by atoms with Crippen molar-refractivity contribution in [2.24, 2.45) is 0 Å². The molecule has 6 heteroatoms. The molecule has 0 radical (unpaired) electrons. The van der Waals surface area contributed by atoms with Crippen LogP contribution in [0.3, 0.4) is 0 Å². The van der Waals surface area contributed by atoms with Gasteiger partial charge in [0.25, 0.3) is 5.69 Å². The van der Waals surface area contributed by atoms with Gasteiger partial charge in [-0.2, -0.15) is 5.26 Å². The van der Waals surface area contributed by atoms with Crippen LogP contribution in [0, 0.1) is 21.4 Å². The summed E-state index contributed by atoms with van der Waals surface area (Å²) in [5.41, 5.74) is 0.623. The van der Waals surface area contributed by atoms with E-state index in [0.29, 0.717) is 17.1 Å². The smallest absolute Gasteiger partial charge is 0.275 e. The third kappa shape index (κ3) is 2.61. The number of rotatable bonds is 3. The van der Waals surface area contributed by atoms with Crippen LogP contribution in [0.15, 0.2) is 18.2 Å². The summed E-state index contributed by atoms with van der Waals surface area (Å²) in [6.07, 6.45) is 1.79. The monoisotopic (exact) mass is 265 g/mol. The van der Waals surface area contributed by atoms with E-state index >= 15 is 0 Å². The Labute approximate surface area is 110 Å². The van der Waals surface area contributed by atoms with Gasteiger partial charge >= 0.3 is 0 Å². The summed E-state index contributed by atoms with van der Waals surface area (Å²) >= 11 is 5.76. The number of nitro groups is 1. The fourth-order valence-corrected chi connectivity index (χ4v) is 2.39. The fourth-order valence-electron chi connectivity index (χ4n) is 2.22. The molecule has 0 spiro atoms. The van der Waals surface area contributed by atoms with Gasteiger partial charge in [0.2, 0.25) is 0 Å². The molecule has 0 amide bonds. The van der Waals surface area contributed by atoms with Gasteiger partial charge in [-0.05, 0) is 31.5 Å². The van der Waals surface area contributed by atoms with Crippen molar-refractivity contribution in [3.8, 4) is 6.07 Å². The first kappa shape index (κ1) is 12.8. The zero-order chi connectivity index (χ0) is 13.1. The van der Waals surface area contributed by atoms with Crippen LogP contribution < -0.4 is 0 Å². The lowest BCUT2D eigenvalue weighted by Gasteiger charge is -2.18. The summed E-state index contributed by atoms with van der Waals surface area (Å²) in [5, 5.41) is 20.3. The number of nitriles is 1. The summed E-state index contributed by atoms with van der Waals surface area (Å²) in [4.78, 5) is 12.5. The normalized spacial score (nSPS) is 19.7. The lowest BCUT2D eigenvalue weighted by atomic mass is 10.1. The molecule has 94 valence electrons. The Bertz CT molecular complexity index is 513. The maximum atomic E-state index is 11.0. The van der Waals surface area contributed by atoms with Gasteiger partial charge in [0.05, 0.1) is 17.0 Å². The van der Waals surface area contributed by atoms with Crippen LogP contribution in [0.4, 0.5) is 5.69 Å². The predicted octanol–water partition coefficient (Wildman–Crippen LogP) is 2.74. The lowest BCUT2D eigenvalue weighted by Crippen LogP contribution is -2.27. The molecule has 1 atom stereocenters. The van der Waals surface area contributed by atoms with Crippen LogP contribution in [-0.2, 0) is 6.54 Å². The standard InChI is InChI=1S/C12H12ClN3O2/c13-10-4-3-9(12(6-10)16(17)18)8-15-5-1-2-11(15)7-14/h3-4,6,11H,1-2,5,8H2. The first-order valence-corrected chi connectivity index (χ1v) is 6.06. The molecule has 0 saturated carbocycles. The van der Waals surface area contributed by atoms with E-state index in [1.807, 2.05) is 4.90 Å². The van der Waals surface area contributed by atoms with Crippen LogP contribution in [0.5, 0.6) is 0 Å². The third-order valence-electron chi connectivity index (χ3n) is 3.13. The minimum atomic E-state index is -0.432. The summed E-state index contributed by atoms with van der Waals surface area (Å²) in [7, 11) is 0. The Hall–Kier alpha value is -1.64. The lowest BCUT2D eigenvalue weighted by molar-refractivity contribution is -0.385. The highest BCUT2D eigenvalue weighted by Gasteiger charge is 2.26. The van der Waals surface area contributed by atoms with Gasteiger partial charge in [0, 0.05) is 23.2 Å². The number of nitrogens with zero attached hydrogens (tertiary/aromatic N) is 3. The van der Waals surface area contributed by atoms with Crippen molar-refractivity contribution in [3.05, 3.63) is 38.9 Å². The van der Waals surface area contributed by atoms with Gasteiger partial charge in [-0.3, -0.25) is 15.0 Å². The highest BCUT2D eigenvalue weighted by atomic mass is 35.5. The van der Waals surface area contributed by atoms with E-state index in [2.05, 4.69) is 6.07 Å². The van der Waals surface area contributed by atoms with Crippen molar-refractivity contribution in [3.63, 3.8) is 0 Å². The maximum Gasteiger partial charge on any atom is 0.275 e. The first-order chi connectivity index (χ1) is 8.61. The molecule has 0 aliphatic carbocycles. The Morgan fingerprint density at radius 1 is 1.61 bits per heavy atom. The number of nitro benzene ring substituents is 1. The minimum absolute atomic E-state index is 0.0195. The highest BCUT2D eigenvalue weighted by molar-refractivity contribution is 6.30. The molecular weight excluding hydrogens is 254 g/mol. The van der Waals surface area contributed by atoms with E-state index in [9.17, 15) is 10.1 Å². The largest absolute Gasteiger partial charge is 0.283 e. The molecule has 1 aromatic carbocycles. The molecule has 0 N–H and O–H groups in total. The molecular formula is C12H12ClN3O2. The second-order valence-electron chi connectivity index (χ2n) is 4.29. The SMILES string of the molecule is N#CC1CCCN1Cc1ccc(Cl)cc1[N+](=O)[O-]. The van der Waals surface area contributed by atoms with E-state index in [1.165, 1.54) is 6.07 Å². The van der Waals surface area contributed by atoms with Gasteiger partial charge in [0.1, 0.15) is 0 Å². The molecule has 1 fully saturated rings. The Kier molecular flexibility index (Phi) is 3.80. The van der Waals surface area contributed by atoms with E-state index < -0.39 is 4.92 Å². The van der Waals surface area contributed by atoms with Crippen LogP contribution in [0.1, 0.15) is 18.4 Å². The molecule has 2 rings (SSSR count). The van der Waals surface area contributed by atoms with Crippen molar-refractivity contribution in [2.45, 2.75) is 25.4 Å². The molecule has 0 aromatic heterocycles. The molecule has 18 heavy (non-hydrogen) atoms. The van der Waals surface area contributed by atoms with E-state index in [0.717, 1.165) is 19.4 Å². The van der Waals surface area contributed by atoms with E-state index in [4.69, 9.17) is 16.9 Å². The van der Waals surface area contributed by atoms with E-state index in [1.54, 1.807) is 12.1 Å². The second-order valence-corrected chi connectivity index (χ2v) is 4.72. The van der Waals surface area contributed by atoms with Crippen LogP contribution in [0.2, 0.25) is 5.02 Å². The maximum absolute atomic E-state index is 11.0. The Balaban J connectivity index is 2.24. The zero-order valence-electron chi connectivity index (χ0n) is 9.67.